The van der Waals surface area contributed by atoms with E-state index in [1.165, 1.54) is 19.3 Å². The highest BCUT2D eigenvalue weighted by Crippen LogP contribution is 2.21. The third kappa shape index (κ3) is 3.98. The lowest BCUT2D eigenvalue weighted by Gasteiger charge is -2.30. The minimum Gasteiger partial charge on any atom is -0.354 e. The van der Waals surface area contributed by atoms with E-state index in [4.69, 9.17) is 10.7 Å². The highest BCUT2D eigenvalue weighted by Gasteiger charge is 2.15. The predicted octanol–water partition coefficient (Wildman–Crippen LogP) is 3.25. The first-order valence-corrected chi connectivity index (χ1v) is 7.03. The van der Waals surface area contributed by atoms with Crippen LogP contribution in [-0.2, 0) is 6.54 Å². The molecule has 0 atom stereocenters. The standard InChI is InChI=1S/C15H27N3/c1-5-6-7-10-18(12(2)3)15-14(11-16)9-8-13(4)17-15/h8-9,12H,5-7,10-11,16H2,1-4H3. The van der Waals surface area contributed by atoms with Gasteiger partial charge in [-0.15, -0.1) is 0 Å². The maximum atomic E-state index is 5.83. The minimum absolute atomic E-state index is 0.460. The Balaban J connectivity index is 2.93. The van der Waals surface area contributed by atoms with Crippen LogP contribution in [0.5, 0.6) is 0 Å². The maximum Gasteiger partial charge on any atom is 0.133 e. The molecule has 3 nitrogen and oxygen atoms in total. The molecule has 0 aliphatic rings. The number of rotatable bonds is 7. The Morgan fingerprint density at radius 1 is 1.28 bits per heavy atom. The van der Waals surface area contributed by atoms with Crippen molar-refractivity contribution in [2.75, 3.05) is 11.4 Å². The second kappa shape index (κ2) is 7.37. The molecule has 1 aromatic rings. The van der Waals surface area contributed by atoms with E-state index in [1.807, 2.05) is 13.0 Å². The van der Waals surface area contributed by atoms with E-state index >= 15 is 0 Å². The number of nitrogens with two attached hydrogens (primary N) is 1. The fourth-order valence-electron chi connectivity index (χ4n) is 2.12. The van der Waals surface area contributed by atoms with E-state index in [-0.39, 0.29) is 0 Å². The lowest BCUT2D eigenvalue weighted by atomic mass is 10.1. The van der Waals surface area contributed by atoms with Gasteiger partial charge >= 0.3 is 0 Å². The number of hydrogen-bond acceptors (Lipinski definition) is 3. The molecule has 0 bridgehead atoms. The van der Waals surface area contributed by atoms with Crippen molar-refractivity contribution in [2.45, 2.75) is 59.5 Å². The van der Waals surface area contributed by atoms with E-state index in [0.717, 1.165) is 23.6 Å². The van der Waals surface area contributed by atoms with Crippen LogP contribution in [0.4, 0.5) is 5.82 Å². The molecule has 0 aliphatic carbocycles. The zero-order valence-electron chi connectivity index (χ0n) is 12.2. The number of nitrogens with zero attached hydrogens (tertiary/aromatic N) is 2. The summed E-state index contributed by atoms with van der Waals surface area (Å²) in [7, 11) is 0. The quantitative estimate of drug-likeness (QED) is 0.754. The number of hydrogen-bond donors (Lipinski definition) is 1. The first-order valence-electron chi connectivity index (χ1n) is 7.03. The molecule has 0 spiro atoms. The Labute approximate surface area is 111 Å². The molecule has 1 aromatic heterocycles. The summed E-state index contributed by atoms with van der Waals surface area (Å²) in [5.41, 5.74) is 8.03. The fraction of sp³-hybridized carbons (Fsp3) is 0.667. The normalized spacial score (nSPS) is 11.0. The molecule has 0 aromatic carbocycles. The Bertz CT molecular complexity index is 361. The van der Waals surface area contributed by atoms with Crippen molar-refractivity contribution in [1.82, 2.24) is 4.98 Å². The zero-order valence-corrected chi connectivity index (χ0v) is 12.2. The molecule has 1 rings (SSSR count). The van der Waals surface area contributed by atoms with Gasteiger partial charge in [0, 0.05) is 30.4 Å². The van der Waals surface area contributed by atoms with Gasteiger partial charge in [-0.2, -0.15) is 0 Å². The number of unbranched alkanes of at least 4 members (excludes halogenated alkanes) is 2. The number of pyridine rings is 1. The van der Waals surface area contributed by atoms with Crippen molar-refractivity contribution >= 4 is 5.82 Å². The van der Waals surface area contributed by atoms with Gasteiger partial charge in [-0.05, 0) is 33.3 Å². The first-order chi connectivity index (χ1) is 8.60. The average molecular weight is 249 g/mol. The van der Waals surface area contributed by atoms with Gasteiger partial charge in [0.25, 0.3) is 0 Å². The second-order valence-electron chi connectivity index (χ2n) is 5.13. The van der Waals surface area contributed by atoms with E-state index < -0.39 is 0 Å². The molecule has 0 saturated heterocycles. The number of anilines is 1. The van der Waals surface area contributed by atoms with Gasteiger partial charge in [0.15, 0.2) is 0 Å². The molecule has 0 radical (unpaired) electrons. The Hall–Kier alpha value is -1.09. The summed E-state index contributed by atoms with van der Waals surface area (Å²) in [4.78, 5) is 7.07. The van der Waals surface area contributed by atoms with Crippen LogP contribution in [0.25, 0.3) is 0 Å². The van der Waals surface area contributed by atoms with Gasteiger partial charge in [-0.1, -0.05) is 25.8 Å². The third-order valence-corrected chi connectivity index (χ3v) is 3.21. The molecule has 0 fully saturated rings. The van der Waals surface area contributed by atoms with Gasteiger partial charge in [-0.25, -0.2) is 4.98 Å². The topological polar surface area (TPSA) is 42.2 Å². The molecule has 0 unspecified atom stereocenters. The van der Waals surface area contributed by atoms with Gasteiger partial charge in [0.05, 0.1) is 0 Å². The zero-order chi connectivity index (χ0) is 13.5. The van der Waals surface area contributed by atoms with Crippen LogP contribution in [0, 0.1) is 6.92 Å². The molecule has 18 heavy (non-hydrogen) atoms. The summed E-state index contributed by atoms with van der Waals surface area (Å²) >= 11 is 0. The SMILES string of the molecule is CCCCCN(c1nc(C)ccc1CN)C(C)C. The molecule has 2 N–H and O–H groups in total. The van der Waals surface area contributed by atoms with Gasteiger partial charge in [0.1, 0.15) is 5.82 Å². The van der Waals surface area contributed by atoms with Gasteiger partial charge in [-0.3, -0.25) is 0 Å². The van der Waals surface area contributed by atoms with Crippen molar-refractivity contribution in [2.24, 2.45) is 5.73 Å². The summed E-state index contributed by atoms with van der Waals surface area (Å²) in [5.74, 6) is 1.07. The smallest absolute Gasteiger partial charge is 0.133 e. The van der Waals surface area contributed by atoms with E-state index in [0.29, 0.717) is 12.6 Å². The van der Waals surface area contributed by atoms with Crippen LogP contribution in [0.1, 0.15) is 51.3 Å². The molecular formula is C15H27N3. The van der Waals surface area contributed by atoms with E-state index in [1.54, 1.807) is 0 Å². The van der Waals surface area contributed by atoms with Gasteiger partial charge in [0.2, 0.25) is 0 Å². The molecular weight excluding hydrogens is 222 g/mol. The molecule has 3 heteroatoms. The van der Waals surface area contributed by atoms with Crippen molar-refractivity contribution in [1.29, 1.82) is 0 Å². The highest BCUT2D eigenvalue weighted by molar-refractivity contribution is 5.48. The molecule has 1 heterocycles. The van der Waals surface area contributed by atoms with Crippen LogP contribution >= 0.6 is 0 Å². The Morgan fingerprint density at radius 3 is 2.56 bits per heavy atom. The molecule has 0 aliphatic heterocycles. The summed E-state index contributed by atoms with van der Waals surface area (Å²) in [6.45, 7) is 10.3. The number of aromatic nitrogens is 1. The van der Waals surface area contributed by atoms with Gasteiger partial charge < -0.3 is 10.6 Å². The van der Waals surface area contributed by atoms with Crippen LogP contribution in [0.15, 0.2) is 12.1 Å². The monoisotopic (exact) mass is 249 g/mol. The average Bonchev–Trinajstić information content (AvgIpc) is 2.34. The van der Waals surface area contributed by atoms with Crippen LogP contribution < -0.4 is 10.6 Å². The van der Waals surface area contributed by atoms with Crippen molar-refractivity contribution in [3.8, 4) is 0 Å². The lowest BCUT2D eigenvalue weighted by Crippen LogP contribution is -2.33. The molecule has 0 amide bonds. The van der Waals surface area contributed by atoms with Crippen molar-refractivity contribution < 1.29 is 0 Å². The van der Waals surface area contributed by atoms with Crippen LogP contribution in [-0.4, -0.2) is 17.6 Å². The lowest BCUT2D eigenvalue weighted by molar-refractivity contribution is 0.616. The van der Waals surface area contributed by atoms with Crippen LogP contribution in [0.2, 0.25) is 0 Å². The Morgan fingerprint density at radius 2 is 2.00 bits per heavy atom. The molecule has 0 saturated carbocycles. The van der Waals surface area contributed by atoms with Crippen molar-refractivity contribution in [3.05, 3.63) is 23.4 Å². The highest BCUT2D eigenvalue weighted by atomic mass is 15.2. The fourth-order valence-corrected chi connectivity index (χ4v) is 2.12. The summed E-state index contributed by atoms with van der Waals surface area (Å²) in [6, 6.07) is 4.60. The first kappa shape index (κ1) is 15.0. The van der Waals surface area contributed by atoms with E-state index in [2.05, 4.69) is 31.7 Å². The van der Waals surface area contributed by atoms with E-state index in [9.17, 15) is 0 Å². The number of aryl methyl sites for hydroxylation is 1. The summed E-state index contributed by atoms with van der Waals surface area (Å²) < 4.78 is 0. The largest absolute Gasteiger partial charge is 0.354 e. The van der Waals surface area contributed by atoms with Crippen molar-refractivity contribution in [3.63, 3.8) is 0 Å². The maximum absolute atomic E-state index is 5.83. The Kier molecular flexibility index (Phi) is 6.13. The summed E-state index contributed by atoms with van der Waals surface area (Å²) in [6.07, 6.45) is 3.73. The second-order valence-corrected chi connectivity index (χ2v) is 5.13. The van der Waals surface area contributed by atoms with Crippen LogP contribution in [0.3, 0.4) is 0 Å². The molecule has 102 valence electrons. The third-order valence-electron chi connectivity index (χ3n) is 3.21. The minimum atomic E-state index is 0.460. The predicted molar refractivity (Wildman–Crippen MR) is 78.9 cm³/mol. The summed E-state index contributed by atoms with van der Waals surface area (Å²) in [5, 5.41) is 0.